The van der Waals surface area contributed by atoms with Gasteiger partial charge in [0.15, 0.2) is 13.3 Å². The summed E-state index contributed by atoms with van der Waals surface area (Å²) in [6, 6.07) is 13.7. The van der Waals surface area contributed by atoms with E-state index in [-0.39, 0.29) is 5.56 Å². The predicted octanol–water partition coefficient (Wildman–Crippen LogP) is -1.24. The summed E-state index contributed by atoms with van der Waals surface area (Å²) >= 11 is 0. The topological polar surface area (TPSA) is 95.7 Å². The number of Topliss-reactive ketones (excluding diaryl/α,β-unsaturated/α-hetero) is 1. The van der Waals surface area contributed by atoms with E-state index in [9.17, 15) is 17.6 Å². The second kappa shape index (κ2) is 6.74. The van der Waals surface area contributed by atoms with Crippen LogP contribution in [-0.4, -0.2) is 37.7 Å². The van der Waals surface area contributed by atoms with Crippen LogP contribution in [-0.2, 0) is 33.9 Å². The smallest absolute Gasteiger partial charge is 0.304 e. The van der Waals surface area contributed by atoms with Gasteiger partial charge in [0.1, 0.15) is 21.5 Å². The number of hydrogen-bond acceptors (Lipinski definition) is 6. The van der Waals surface area contributed by atoms with E-state index in [0.29, 0.717) is 5.56 Å². The standard InChI is InChI=1S/C17H17B3FNO5S/c18-16(11-7-4-8-12(21)9-11)14(23)13(15(22)26-16)27-28(24,25)17(19,20)10-5-2-1-3-6-10/h1-9H,18-20,22H2/t16-/m0/s1. The van der Waals surface area contributed by atoms with Gasteiger partial charge < -0.3 is 14.7 Å². The largest absolute Gasteiger partial charge is 0.467 e. The van der Waals surface area contributed by atoms with Gasteiger partial charge in [0.05, 0.1) is 4.55 Å². The lowest BCUT2D eigenvalue weighted by atomic mass is 9.65. The molecule has 3 rings (SSSR count). The Kier molecular flexibility index (Phi) is 4.83. The molecule has 0 bridgehead atoms. The van der Waals surface area contributed by atoms with Crippen molar-refractivity contribution in [1.29, 1.82) is 0 Å². The Labute approximate surface area is 165 Å². The Bertz CT molecular complexity index is 1080. The van der Waals surface area contributed by atoms with Crippen molar-refractivity contribution < 1.29 is 26.5 Å². The number of benzene rings is 2. The second-order valence-electron chi connectivity index (χ2n) is 7.08. The highest BCUT2D eigenvalue weighted by molar-refractivity contribution is 7.90. The summed E-state index contributed by atoms with van der Waals surface area (Å²) in [6.45, 7) is 0. The van der Waals surface area contributed by atoms with Crippen molar-refractivity contribution in [2.45, 2.75) is 10.0 Å². The van der Waals surface area contributed by atoms with Gasteiger partial charge in [-0.05, 0) is 23.3 Å². The molecule has 0 unspecified atom stereocenters. The fraction of sp³-hybridized carbons (Fsp3) is 0.118. The Hall–Kier alpha value is -2.68. The Morgan fingerprint density at radius 2 is 1.75 bits per heavy atom. The van der Waals surface area contributed by atoms with Gasteiger partial charge in [-0.2, -0.15) is 8.42 Å². The van der Waals surface area contributed by atoms with Gasteiger partial charge in [-0.1, -0.05) is 42.5 Å². The van der Waals surface area contributed by atoms with Crippen molar-refractivity contribution in [1.82, 2.24) is 0 Å². The molecule has 0 radical (unpaired) electrons. The summed E-state index contributed by atoms with van der Waals surface area (Å²) in [4.78, 5) is 12.9. The molecular formula is C17H17B3FNO5S. The van der Waals surface area contributed by atoms with Gasteiger partial charge in [0.25, 0.3) is 0 Å². The third kappa shape index (κ3) is 3.19. The number of halogens is 1. The van der Waals surface area contributed by atoms with E-state index >= 15 is 0 Å². The van der Waals surface area contributed by atoms with Crippen LogP contribution in [0.3, 0.4) is 0 Å². The van der Waals surface area contributed by atoms with Gasteiger partial charge in [-0.3, -0.25) is 4.79 Å². The zero-order chi connectivity index (χ0) is 20.7. The molecular weight excluding hydrogens is 382 g/mol. The average molecular weight is 399 g/mol. The Morgan fingerprint density at radius 1 is 1.11 bits per heavy atom. The third-order valence-corrected chi connectivity index (χ3v) is 6.71. The van der Waals surface area contributed by atoms with Gasteiger partial charge in [0.2, 0.25) is 17.4 Å². The summed E-state index contributed by atoms with van der Waals surface area (Å²) in [7, 11) is -0.0206. The lowest BCUT2D eigenvalue weighted by Gasteiger charge is -2.25. The molecule has 2 aromatic rings. The van der Waals surface area contributed by atoms with Crippen molar-refractivity contribution in [2.24, 2.45) is 5.73 Å². The van der Waals surface area contributed by atoms with Gasteiger partial charge in [0, 0.05) is 0 Å². The van der Waals surface area contributed by atoms with Crippen LogP contribution in [0.5, 0.6) is 0 Å². The molecule has 0 saturated carbocycles. The van der Waals surface area contributed by atoms with Gasteiger partial charge in [-0.25, -0.2) is 4.39 Å². The van der Waals surface area contributed by atoms with Crippen molar-refractivity contribution in [3.63, 3.8) is 0 Å². The van der Waals surface area contributed by atoms with E-state index in [2.05, 4.69) is 0 Å². The van der Waals surface area contributed by atoms with Gasteiger partial charge in [-0.15, -0.1) is 0 Å². The highest BCUT2D eigenvalue weighted by atomic mass is 32.2. The number of ether oxygens (including phenoxy) is 1. The number of hydrogen-bond donors (Lipinski definition) is 1. The maximum Gasteiger partial charge on any atom is 0.304 e. The summed E-state index contributed by atoms with van der Waals surface area (Å²) in [6.07, 6.45) is 0. The van der Waals surface area contributed by atoms with Crippen molar-refractivity contribution in [2.75, 3.05) is 0 Å². The zero-order valence-electron chi connectivity index (χ0n) is 15.6. The molecule has 1 heterocycles. The molecule has 0 amide bonds. The van der Waals surface area contributed by atoms with E-state index in [1.807, 2.05) is 0 Å². The molecule has 11 heteroatoms. The van der Waals surface area contributed by atoms with Gasteiger partial charge >= 0.3 is 10.1 Å². The summed E-state index contributed by atoms with van der Waals surface area (Å²) in [5.74, 6) is -2.45. The quantitative estimate of drug-likeness (QED) is 0.500. The number of carbonyl (C=O) groups excluding carboxylic acids is 1. The molecule has 0 fully saturated rings. The Morgan fingerprint density at radius 3 is 2.36 bits per heavy atom. The normalized spacial score (nSPS) is 20.1. The van der Waals surface area contributed by atoms with Crippen molar-refractivity contribution >= 4 is 39.4 Å². The lowest BCUT2D eigenvalue weighted by Crippen LogP contribution is -2.40. The molecule has 0 saturated heterocycles. The minimum Gasteiger partial charge on any atom is -0.467 e. The summed E-state index contributed by atoms with van der Waals surface area (Å²) < 4.78 is 48.6. The molecule has 0 aliphatic carbocycles. The summed E-state index contributed by atoms with van der Waals surface area (Å²) in [5, 5.41) is 0. The number of rotatable bonds is 5. The first-order valence-electron chi connectivity index (χ1n) is 8.48. The highest BCUT2D eigenvalue weighted by Crippen LogP contribution is 2.38. The number of nitrogens with two attached hydrogens (primary N) is 1. The minimum absolute atomic E-state index is 0.193. The fourth-order valence-electron chi connectivity index (χ4n) is 2.89. The van der Waals surface area contributed by atoms with E-state index in [0.717, 1.165) is 6.07 Å². The van der Waals surface area contributed by atoms with Crippen LogP contribution in [0.25, 0.3) is 0 Å². The van der Waals surface area contributed by atoms with E-state index in [4.69, 9.17) is 14.7 Å². The average Bonchev–Trinajstić information content (AvgIpc) is 2.86. The first-order valence-corrected chi connectivity index (χ1v) is 9.89. The molecule has 6 nitrogen and oxygen atoms in total. The first kappa shape index (κ1) is 20.1. The molecule has 28 heavy (non-hydrogen) atoms. The fourth-order valence-corrected chi connectivity index (χ4v) is 3.90. The van der Waals surface area contributed by atoms with E-state index < -0.39 is 43.4 Å². The van der Waals surface area contributed by atoms with Crippen LogP contribution in [0.1, 0.15) is 11.1 Å². The van der Waals surface area contributed by atoms with Crippen molar-refractivity contribution in [3.8, 4) is 0 Å². The maximum absolute atomic E-state index is 13.6. The van der Waals surface area contributed by atoms with Crippen LogP contribution in [0.4, 0.5) is 4.39 Å². The molecule has 2 N–H and O–H groups in total. The van der Waals surface area contributed by atoms with Crippen LogP contribution >= 0.6 is 0 Å². The van der Waals surface area contributed by atoms with E-state index in [1.54, 1.807) is 30.3 Å². The lowest BCUT2D eigenvalue weighted by molar-refractivity contribution is -0.126. The third-order valence-electron chi connectivity index (χ3n) is 4.84. The molecule has 1 aliphatic heterocycles. The Balaban J connectivity index is 1.94. The van der Waals surface area contributed by atoms with Crippen molar-refractivity contribution in [3.05, 3.63) is 83.2 Å². The molecule has 2 aromatic carbocycles. The first-order chi connectivity index (χ1) is 13.0. The van der Waals surface area contributed by atoms with Crippen LogP contribution in [0.2, 0.25) is 0 Å². The molecule has 1 aliphatic rings. The van der Waals surface area contributed by atoms with Crippen LogP contribution < -0.4 is 5.73 Å². The van der Waals surface area contributed by atoms with E-state index in [1.165, 1.54) is 41.7 Å². The monoisotopic (exact) mass is 399 g/mol. The number of carbonyl (C=O) groups is 1. The molecule has 0 aromatic heterocycles. The molecule has 0 spiro atoms. The zero-order valence-corrected chi connectivity index (χ0v) is 16.4. The SMILES string of the molecule is BC(B)(c1ccccc1)S(=O)(=O)OC1=C(N)O[C@@](B)(c2cccc(F)c2)C1=O. The highest BCUT2D eigenvalue weighted by Gasteiger charge is 2.50. The molecule has 142 valence electrons. The van der Waals surface area contributed by atoms with Crippen LogP contribution in [0, 0.1) is 5.82 Å². The molecule has 1 atom stereocenters. The minimum atomic E-state index is -4.32. The maximum atomic E-state index is 13.6. The second-order valence-corrected chi connectivity index (χ2v) is 9.18. The number of ketones is 1. The summed E-state index contributed by atoms with van der Waals surface area (Å²) in [5.41, 5.74) is 4.75. The van der Waals surface area contributed by atoms with Crippen LogP contribution in [0.15, 0.2) is 66.2 Å². The predicted molar refractivity (Wildman–Crippen MR) is 109 cm³/mol.